The van der Waals surface area contributed by atoms with E-state index in [1.165, 1.54) is 25.7 Å². The van der Waals surface area contributed by atoms with Gasteiger partial charge in [0.05, 0.1) is 30.9 Å². The summed E-state index contributed by atoms with van der Waals surface area (Å²) in [5.74, 6) is -0.339. The van der Waals surface area contributed by atoms with Gasteiger partial charge in [-0.25, -0.2) is 0 Å². The van der Waals surface area contributed by atoms with E-state index in [1.54, 1.807) is 0 Å². The maximum Gasteiger partial charge on any atom is 0.305 e. The highest BCUT2D eigenvalue weighted by atomic mass is 16.7. The van der Waals surface area contributed by atoms with Gasteiger partial charge in [-0.2, -0.15) is 0 Å². The first-order valence-corrected chi connectivity index (χ1v) is 16.8. The van der Waals surface area contributed by atoms with Crippen LogP contribution in [0.1, 0.15) is 77.6 Å². The van der Waals surface area contributed by atoms with Crippen LogP contribution in [0.3, 0.4) is 0 Å². The normalized spacial score (nSPS) is 41.8. The minimum Gasteiger partial charge on any atom is -0.466 e. The topological polar surface area (TPSA) is 294 Å². The van der Waals surface area contributed by atoms with Gasteiger partial charge >= 0.3 is 5.97 Å². The summed E-state index contributed by atoms with van der Waals surface area (Å²) in [6.07, 6.45) is -4.45. The van der Waals surface area contributed by atoms with E-state index in [1.807, 2.05) is 0 Å². The van der Waals surface area contributed by atoms with Crippen LogP contribution in [0.15, 0.2) is 0 Å². The van der Waals surface area contributed by atoms with Crippen LogP contribution < -0.4 is 28.7 Å². The highest BCUT2D eigenvalue weighted by Gasteiger charge is 2.51. The molecule has 2 saturated heterocycles. The minimum atomic E-state index is -1.48. The van der Waals surface area contributed by atoms with E-state index in [9.17, 15) is 30.3 Å². The molecule has 2 aliphatic heterocycles. The van der Waals surface area contributed by atoms with Crippen LogP contribution in [0.2, 0.25) is 0 Å². The van der Waals surface area contributed by atoms with E-state index < -0.39 is 91.7 Å². The third-order valence-electron chi connectivity index (χ3n) is 9.28. The van der Waals surface area contributed by atoms with Crippen LogP contribution in [-0.2, 0) is 28.5 Å². The van der Waals surface area contributed by atoms with Crippen molar-refractivity contribution in [1.82, 2.24) is 0 Å². The SMILES string of the molecule is CCCCCCCCCCC(=O)OCC[C@H]1O[C@H](O[C@@H]2[C@@H](O)[C@H](O[C@H]3O[C@H](CN)[C@@H](O)[C@H](O)[C@H]3N)[C@@H](N)C[C@H]2N)[C@H](O)[C@@H](N)[C@@H]1O. The van der Waals surface area contributed by atoms with Gasteiger partial charge in [-0.15, -0.1) is 0 Å². The maximum absolute atomic E-state index is 12.2. The van der Waals surface area contributed by atoms with Gasteiger partial charge in [0, 0.05) is 31.5 Å². The largest absolute Gasteiger partial charge is 0.466 e. The summed E-state index contributed by atoms with van der Waals surface area (Å²) < 4.78 is 28.7. The molecular formula is C30H59N5O11. The van der Waals surface area contributed by atoms with Gasteiger partial charge in [-0.1, -0.05) is 51.9 Å². The number of aliphatic hydroxyl groups is 5. The predicted molar refractivity (Wildman–Crippen MR) is 165 cm³/mol. The monoisotopic (exact) mass is 665 g/mol. The first kappa shape index (κ1) is 39.3. The average Bonchev–Trinajstić information content (AvgIpc) is 3.03. The number of hydrogen-bond donors (Lipinski definition) is 10. The predicted octanol–water partition coefficient (Wildman–Crippen LogP) is -2.85. The first-order valence-electron chi connectivity index (χ1n) is 16.8. The lowest BCUT2D eigenvalue weighted by molar-refractivity contribution is -0.317. The summed E-state index contributed by atoms with van der Waals surface area (Å²) in [4.78, 5) is 12.2. The second-order valence-corrected chi connectivity index (χ2v) is 12.9. The zero-order valence-corrected chi connectivity index (χ0v) is 26.9. The lowest BCUT2D eigenvalue weighted by Gasteiger charge is -2.48. The summed E-state index contributed by atoms with van der Waals surface area (Å²) in [6.45, 7) is 2.03. The standard InChI is InChI=1S/C30H59N5O11/c1-2-3-4-5-6-7-8-9-10-19(36)42-12-11-17-22(37)20(34)25(40)30(43-17)46-28-16(33)13-15(32)27(26(28)41)45-29-21(35)24(39)23(38)18(14-31)44-29/h15-18,20-30,37-41H,2-14,31-35H2,1H3/t15-,16+,17+,18+,20-,21+,22+,23+,24+,25+,26-,27+,28-,29+,30+/m0/s1. The summed E-state index contributed by atoms with van der Waals surface area (Å²) in [5.41, 5.74) is 30.3. The molecule has 3 aliphatic rings. The van der Waals surface area contributed by atoms with Crippen LogP contribution >= 0.6 is 0 Å². The highest BCUT2D eigenvalue weighted by Crippen LogP contribution is 2.31. The summed E-state index contributed by atoms with van der Waals surface area (Å²) in [7, 11) is 0. The number of carbonyl (C=O) groups excluding carboxylic acids is 1. The molecule has 0 aromatic heterocycles. The highest BCUT2D eigenvalue weighted by molar-refractivity contribution is 5.69. The van der Waals surface area contributed by atoms with Crippen molar-refractivity contribution >= 4 is 5.97 Å². The van der Waals surface area contributed by atoms with Gasteiger partial charge < -0.3 is 77.9 Å². The Morgan fingerprint density at radius 1 is 0.696 bits per heavy atom. The van der Waals surface area contributed by atoms with E-state index >= 15 is 0 Å². The van der Waals surface area contributed by atoms with Gasteiger partial charge in [0.2, 0.25) is 0 Å². The van der Waals surface area contributed by atoms with Gasteiger partial charge in [-0.05, 0) is 12.8 Å². The molecule has 270 valence electrons. The van der Waals surface area contributed by atoms with Crippen molar-refractivity contribution in [3.05, 3.63) is 0 Å². The molecule has 2 heterocycles. The van der Waals surface area contributed by atoms with Crippen molar-refractivity contribution in [3.8, 4) is 0 Å². The van der Waals surface area contributed by atoms with E-state index in [-0.39, 0.29) is 32.0 Å². The summed E-state index contributed by atoms with van der Waals surface area (Å²) in [5, 5.41) is 53.2. The van der Waals surface area contributed by atoms with Gasteiger partial charge in [0.15, 0.2) is 12.6 Å². The Bertz CT molecular complexity index is 894. The second-order valence-electron chi connectivity index (χ2n) is 12.9. The molecule has 0 aromatic rings. The van der Waals surface area contributed by atoms with E-state index in [2.05, 4.69) is 6.92 Å². The molecule has 46 heavy (non-hydrogen) atoms. The van der Waals surface area contributed by atoms with Crippen molar-refractivity contribution in [3.63, 3.8) is 0 Å². The Kier molecular flexibility index (Phi) is 16.4. The van der Waals surface area contributed by atoms with Crippen molar-refractivity contribution in [2.75, 3.05) is 13.2 Å². The van der Waals surface area contributed by atoms with Crippen LogP contribution in [0.4, 0.5) is 0 Å². The van der Waals surface area contributed by atoms with Crippen molar-refractivity contribution in [2.24, 2.45) is 28.7 Å². The average molecular weight is 666 g/mol. The molecular weight excluding hydrogens is 606 g/mol. The molecule has 1 aliphatic carbocycles. The van der Waals surface area contributed by atoms with E-state index in [4.69, 9.17) is 52.4 Å². The second kappa shape index (κ2) is 19.2. The number of rotatable bonds is 17. The van der Waals surface area contributed by atoms with Gasteiger partial charge in [-0.3, -0.25) is 4.79 Å². The molecule has 16 heteroatoms. The third-order valence-corrected chi connectivity index (χ3v) is 9.28. The maximum atomic E-state index is 12.2. The quantitative estimate of drug-likeness (QED) is 0.0552. The van der Waals surface area contributed by atoms with Crippen LogP contribution in [0.5, 0.6) is 0 Å². The number of unbranched alkanes of at least 4 members (excludes halogenated alkanes) is 7. The molecule has 0 unspecified atom stereocenters. The third kappa shape index (κ3) is 10.5. The van der Waals surface area contributed by atoms with Crippen molar-refractivity contribution in [1.29, 1.82) is 0 Å². The molecule has 3 fully saturated rings. The van der Waals surface area contributed by atoms with Gasteiger partial charge in [0.1, 0.15) is 42.7 Å². The molecule has 0 radical (unpaired) electrons. The molecule has 16 nitrogen and oxygen atoms in total. The molecule has 1 saturated carbocycles. The Balaban J connectivity index is 1.52. The Morgan fingerprint density at radius 3 is 1.87 bits per heavy atom. The molecule has 15 N–H and O–H groups in total. The van der Waals surface area contributed by atoms with Crippen LogP contribution in [0.25, 0.3) is 0 Å². The molecule has 0 amide bonds. The first-order chi connectivity index (χ1) is 21.9. The fourth-order valence-electron chi connectivity index (χ4n) is 6.30. The number of nitrogens with two attached hydrogens (primary N) is 5. The summed E-state index contributed by atoms with van der Waals surface area (Å²) >= 11 is 0. The number of hydrogen-bond acceptors (Lipinski definition) is 16. The molecule has 0 bridgehead atoms. The van der Waals surface area contributed by atoms with Crippen molar-refractivity contribution < 1.29 is 54.0 Å². The lowest BCUT2D eigenvalue weighted by atomic mass is 9.84. The molecule has 3 rings (SSSR count). The van der Waals surface area contributed by atoms with Gasteiger partial charge in [0.25, 0.3) is 0 Å². The minimum absolute atomic E-state index is 0.0323. The molecule has 0 spiro atoms. The smallest absolute Gasteiger partial charge is 0.305 e. The Hall–Kier alpha value is -1.09. The fraction of sp³-hybridized carbons (Fsp3) is 0.967. The zero-order valence-electron chi connectivity index (χ0n) is 26.9. The van der Waals surface area contributed by atoms with E-state index in [0.29, 0.717) is 6.42 Å². The van der Waals surface area contributed by atoms with Crippen LogP contribution in [0, 0.1) is 0 Å². The number of ether oxygens (including phenoxy) is 5. The fourth-order valence-corrected chi connectivity index (χ4v) is 6.30. The Labute approximate surface area is 271 Å². The number of aliphatic hydroxyl groups excluding tert-OH is 5. The van der Waals surface area contributed by atoms with Crippen LogP contribution in [-0.4, -0.2) is 136 Å². The number of carbonyl (C=O) groups is 1. The summed E-state index contributed by atoms with van der Waals surface area (Å²) in [6, 6.07) is -3.96. The molecule has 15 atom stereocenters. The van der Waals surface area contributed by atoms with Crippen molar-refractivity contribution in [2.45, 2.75) is 169 Å². The molecule has 0 aromatic carbocycles. The lowest BCUT2D eigenvalue weighted by Crippen LogP contribution is -2.69. The zero-order chi connectivity index (χ0) is 34.0. The van der Waals surface area contributed by atoms with E-state index in [0.717, 1.165) is 25.7 Å². The Morgan fingerprint density at radius 2 is 1.26 bits per heavy atom. The number of esters is 1.